The van der Waals surface area contributed by atoms with Crippen molar-refractivity contribution in [1.29, 1.82) is 0 Å². The molecule has 0 saturated heterocycles. The van der Waals surface area contributed by atoms with E-state index in [1.807, 2.05) is 115 Å². The number of rotatable bonds is 38. The molecule has 1 unspecified atom stereocenters. The van der Waals surface area contributed by atoms with E-state index in [1.54, 1.807) is 0 Å². The Hall–Kier alpha value is -5.23. The number of hydrogen-bond acceptors (Lipinski definition) is 6. The number of carbonyl (C=O) groups excluding carboxylic acids is 3. The first-order valence-electron chi connectivity index (χ1n) is 23.3. The third-order valence-electron chi connectivity index (χ3n) is 8.79. The molecule has 0 aliphatic rings. The molecule has 0 spiro atoms. The predicted octanol–water partition coefficient (Wildman–Crippen LogP) is 15.2. The molecule has 0 aromatic rings. The molecule has 62 heavy (non-hydrogen) atoms. The zero-order chi connectivity index (χ0) is 45.1. The minimum Gasteiger partial charge on any atom is -0.462 e. The molecular formula is C56H80O6. The molecule has 0 bridgehead atoms. The lowest BCUT2D eigenvalue weighted by Crippen LogP contribution is -2.30. The highest BCUT2D eigenvalue weighted by Crippen LogP contribution is 2.10. The summed E-state index contributed by atoms with van der Waals surface area (Å²) in [5.74, 6) is -1.15. The Morgan fingerprint density at radius 3 is 1.05 bits per heavy atom. The van der Waals surface area contributed by atoms with Gasteiger partial charge < -0.3 is 14.2 Å². The van der Waals surface area contributed by atoms with Gasteiger partial charge in [-0.25, -0.2) is 0 Å². The molecule has 0 aromatic heterocycles. The van der Waals surface area contributed by atoms with Crippen LogP contribution in [-0.4, -0.2) is 37.2 Å². The summed E-state index contributed by atoms with van der Waals surface area (Å²) in [5.41, 5.74) is 0. The van der Waals surface area contributed by atoms with Gasteiger partial charge in [0.1, 0.15) is 13.2 Å². The van der Waals surface area contributed by atoms with Gasteiger partial charge in [-0.05, 0) is 70.6 Å². The fourth-order valence-corrected chi connectivity index (χ4v) is 5.33. The molecule has 0 radical (unpaired) electrons. The van der Waals surface area contributed by atoms with Crippen LogP contribution >= 0.6 is 0 Å². The Bertz CT molecular complexity index is 1530. The maximum atomic E-state index is 12.7. The highest BCUT2D eigenvalue weighted by molar-refractivity contribution is 5.71. The zero-order valence-corrected chi connectivity index (χ0v) is 38.5. The number of carbonyl (C=O) groups is 3. The average molecular weight is 849 g/mol. The number of allylic oxidation sites excluding steroid dienone is 28. The van der Waals surface area contributed by atoms with Crippen molar-refractivity contribution in [2.45, 2.75) is 149 Å². The summed E-state index contributed by atoms with van der Waals surface area (Å²) in [6, 6.07) is 0. The van der Waals surface area contributed by atoms with Crippen LogP contribution in [0.25, 0.3) is 0 Å². The zero-order valence-electron chi connectivity index (χ0n) is 38.5. The fourth-order valence-electron chi connectivity index (χ4n) is 5.33. The van der Waals surface area contributed by atoms with Gasteiger partial charge in [-0.15, -0.1) is 0 Å². The lowest BCUT2D eigenvalue weighted by molar-refractivity contribution is -0.167. The summed E-state index contributed by atoms with van der Waals surface area (Å²) in [6.07, 6.45) is 72.0. The minimum atomic E-state index is -0.862. The summed E-state index contributed by atoms with van der Waals surface area (Å²) in [7, 11) is 0. The molecule has 1 atom stereocenters. The number of esters is 3. The van der Waals surface area contributed by atoms with Crippen LogP contribution in [0.2, 0.25) is 0 Å². The Morgan fingerprint density at radius 1 is 0.339 bits per heavy atom. The summed E-state index contributed by atoms with van der Waals surface area (Å²) < 4.78 is 16.6. The average Bonchev–Trinajstić information content (AvgIpc) is 3.27. The normalized spacial score (nSPS) is 13.7. The maximum Gasteiger partial charge on any atom is 0.306 e. The van der Waals surface area contributed by atoms with E-state index in [1.165, 1.54) is 19.3 Å². The van der Waals surface area contributed by atoms with E-state index in [0.717, 1.165) is 64.2 Å². The second-order valence-corrected chi connectivity index (χ2v) is 14.5. The monoisotopic (exact) mass is 849 g/mol. The van der Waals surface area contributed by atoms with Crippen molar-refractivity contribution in [3.8, 4) is 0 Å². The number of hydrogen-bond donors (Lipinski definition) is 0. The third-order valence-corrected chi connectivity index (χ3v) is 8.79. The van der Waals surface area contributed by atoms with Crippen LogP contribution in [-0.2, 0) is 28.6 Å². The summed E-state index contributed by atoms with van der Waals surface area (Å²) in [4.78, 5) is 37.8. The lowest BCUT2D eigenvalue weighted by Gasteiger charge is -2.18. The highest BCUT2D eigenvalue weighted by atomic mass is 16.6. The second-order valence-electron chi connectivity index (χ2n) is 14.5. The molecule has 0 saturated carbocycles. The van der Waals surface area contributed by atoms with Gasteiger partial charge in [0.25, 0.3) is 0 Å². The van der Waals surface area contributed by atoms with Gasteiger partial charge in [-0.2, -0.15) is 0 Å². The van der Waals surface area contributed by atoms with Crippen molar-refractivity contribution in [1.82, 2.24) is 0 Å². The summed E-state index contributed by atoms with van der Waals surface area (Å²) in [6.45, 7) is 6.11. The van der Waals surface area contributed by atoms with Crippen LogP contribution in [0.1, 0.15) is 143 Å². The first-order chi connectivity index (χ1) is 30.5. The number of ether oxygens (including phenoxy) is 3. The molecule has 0 aliphatic carbocycles. The lowest BCUT2D eigenvalue weighted by atomic mass is 10.1. The molecule has 6 heteroatoms. The van der Waals surface area contributed by atoms with Crippen molar-refractivity contribution < 1.29 is 28.6 Å². The van der Waals surface area contributed by atoms with Crippen LogP contribution < -0.4 is 0 Å². The van der Waals surface area contributed by atoms with Gasteiger partial charge in [-0.1, -0.05) is 223 Å². The molecule has 0 fully saturated rings. The molecule has 6 nitrogen and oxygen atoms in total. The molecule has 0 aromatic carbocycles. The van der Waals surface area contributed by atoms with Gasteiger partial charge in [0.05, 0.1) is 0 Å². The number of unbranched alkanes of at least 4 members (excludes halogenated alkanes) is 10. The van der Waals surface area contributed by atoms with E-state index in [9.17, 15) is 14.4 Å². The summed E-state index contributed by atoms with van der Waals surface area (Å²) in [5, 5.41) is 0. The van der Waals surface area contributed by atoms with E-state index < -0.39 is 12.1 Å². The van der Waals surface area contributed by atoms with Crippen molar-refractivity contribution in [3.05, 3.63) is 170 Å². The molecule has 0 aliphatic heterocycles. The Balaban J connectivity index is 4.68. The van der Waals surface area contributed by atoms with Gasteiger partial charge in [0.15, 0.2) is 6.10 Å². The first-order valence-corrected chi connectivity index (χ1v) is 23.3. The minimum absolute atomic E-state index is 0.152. The maximum absolute atomic E-state index is 12.7. The van der Waals surface area contributed by atoms with Gasteiger partial charge in [0, 0.05) is 19.3 Å². The van der Waals surface area contributed by atoms with Gasteiger partial charge in [-0.3, -0.25) is 14.4 Å². The third kappa shape index (κ3) is 45.8. The molecule has 0 N–H and O–H groups in total. The molecule has 340 valence electrons. The van der Waals surface area contributed by atoms with Gasteiger partial charge in [0.2, 0.25) is 0 Å². The van der Waals surface area contributed by atoms with Crippen LogP contribution in [0, 0.1) is 0 Å². The molecule has 0 heterocycles. The first kappa shape index (κ1) is 56.8. The topological polar surface area (TPSA) is 78.9 Å². The molecular weight excluding hydrogens is 769 g/mol. The van der Waals surface area contributed by atoms with Crippen LogP contribution in [0.5, 0.6) is 0 Å². The van der Waals surface area contributed by atoms with E-state index in [2.05, 4.69) is 75.5 Å². The van der Waals surface area contributed by atoms with Crippen molar-refractivity contribution in [2.75, 3.05) is 13.2 Å². The highest BCUT2D eigenvalue weighted by Gasteiger charge is 2.19. The predicted molar refractivity (Wildman–Crippen MR) is 265 cm³/mol. The van der Waals surface area contributed by atoms with E-state index in [-0.39, 0.29) is 38.0 Å². The Morgan fingerprint density at radius 2 is 0.645 bits per heavy atom. The molecule has 0 amide bonds. The van der Waals surface area contributed by atoms with Gasteiger partial charge >= 0.3 is 17.9 Å². The van der Waals surface area contributed by atoms with E-state index in [0.29, 0.717) is 25.7 Å². The molecule has 0 rings (SSSR count). The second kappa shape index (κ2) is 48.4. The standard InChI is InChI=1S/C56H80O6/c1-4-7-10-13-16-19-22-25-26-27-28-29-32-34-37-40-43-46-49-55(58)61-52-53(62-56(59)50-47-44-41-38-35-31-24-21-18-15-12-9-6-3)51-60-54(57)48-45-42-39-36-33-30-23-20-17-14-11-8-5-2/h8-9,11-12,14-31,33,35-36,38-39,41,53H,4-7,10,13,32,34,37,40,42-52H2,1-3H3/b11-8+,12-9+,17-14+,18-15+,19-16+,23-20+,24-21+,25-22+,27-26+,29-28+,33-30+,35-31+,39-36+,41-38+. The smallest absolute Gasteiger partial charge is 0.306 e. The van der Waals surface area contributed by atoms with E-state index in [4.69, 9.17) is 14.2 Å². The Kier molecular flexibility index (Phi) is 44.4. The SMILES string of the molecule is CC/C=C/C=C/C=C/C=C/C=C/CCCC(=O)OCC(COC(=O)CCCCCCC/C=C/C=C/C=C/C=C/CCCCC)OC(=O)CCC/C=C/C=C/C=C/C=C/C=C/CC. The summed E-state index contributed by atoms with van der Waals surface area (Å²) >= 11 is 0. The fraction of sp³-hybridized carbons (Fsp3) is 0.446. The Labute approximate surface area is 377 Å². The quantitative estimate of drug-likeness (QED) is 0.0266. The van der Waals surface area contributed by atoms with Crippen molar-refractivity contribution >= 4 is 17.9 Å². The van der Waals surface area contributed by atoms with Crippen LogP contribution in [0.3, 0.4) is 0 Å². The van der Waals surface area contributed by atoms with Crippen LogP contribution in [0.15, 0.2) is 170 Å². The largest absolute Gasteiger partial charge is 0.462 e. The van der Waals surface area contributed by atoms with Crippen molar-refractivity contribution in [2.24, 2.45) is 0 Å². The van der Waals surface area contributed by atoms with E-state index >= 15 is 0 Å². The van der Waals surface area contributed by atoms with Crippen molar-refractivity contribution in [3.63, 3.8) is 0 Å². The van der Waals surface area contributed by atoms with Crippen LogP contribution in [0.4, 0.5) is 0 Å².